The van der Waals surface area contributed by atoms with Gasteiger partial charge in [0.1, 0.15) is 11.6 Å². The van der Waals surface area contributed by atoms with E-state index in [1.165, 1.54) is 71.0 Å². The fraction of sp³-hybridized carbons (Fsp3) is 0.167. The minimum atomic E-state index is -3.79. The number of esters is 1. The van der Waals surface area contributed by atoms with Crippen LogP contribution in [0.1, 0.15) is 40.1 Å². The maximum Gasteiger partial charge on any atom is 0.345 e. The highest BCUT2D eigenvalue weighted by molar-refractivity contribution is 7.89. The highest BCUT2D eigenvalue weighted by Crippen LogP contribution is 2.25. The molecule has 9 heteroatoms. The Morgan fingerprint density at radius 1 is 0.909 bits per heavy atom. The summed E-state index contributed by atoms with van der Waals surface area (Å²) < 4.78 is 45.2. The Hall–Kier alpha value is -3.07. The lowest BCUT2D eigenvalue weighted by Crippen LogP contribution is -2.30. The van der Waals surface area contributed by atoms with Gasteiger partial charge in [0.05, 0.1) is 15.5 Å². The van der Waals surface area contributed by atoms with E-state index in [2.05, 4.69) is 0 Å². The molecule has 0 aromatic heterocycles. The Labute approximate surface area is 196 Å². The maximum atomic E-state index is 13.1. The third-order valence-electron chi connectivity index (χ3n) is 4.93. The summed E-state index contributed by atoms with van der Waals surface area (Å²) in [6, 6.07) is 14.8. The van der Waals surface area contributed by atoms with Crippen LogP contribution in [-0.4, -0.2) is 37.6 Å². The molecule has 0 spiro atoms. The van der Waals surface area contributed by atoms with E-state index < -0.39 is 21.8 Å². The predicted molar refractivity (Wildman–Crippen MR) is 123 cm³/mol. The number of ether oxygens (including phenoxy) is 1. The van der Waals surface area contributed by atoms with Crippen LogP contribution in [0.5, 0.6) is 5.75 Å². The van der Waals surface area contributed by atoms with Crippen molar-refractivity contribution in [2.75, 3.05) is 13.1 Å². The smallest absolute Gasteiger partial charge is 0.345 e. The Morgan fingerprint density at radius 3 is 2.00 bits per heavy atom. The first-order valence-electron chi connectivity index (χ1n) is 10.1. The normalized spacial score (nSPS) is 11.4. The molecule has 0 aliphatic rings. The molecule has 0 bridgehead atoms. The monoisotopic (exact) mass is 489 g/mol. The predicted octanol–water partition coefficient (Wildman–Crippen LogP) is 4.96. The summed E-state index contributed by atoms with van der Waals surface area (Å²) in [4.78, 5) is 25.1. The molecule has 33 heavy (non-hydrogen) atoms. The Kier molecular flexibility index (Phi) is 7.63. The van der Waals surface area contributed by atoms with Gasteiger partial charge in [-0.05, 0) is 66.7 Å². The molecule has 0 N–H and O–H groups in total. The van der Waals surface area contributed by atoms with Crippen LogP contribution in [0.3, 0.4) is 0 Å². The molecule has 0 amide bonds. The van der Waals surface area contributed by atoms with Crippen molar-refractivity contribution in [1.82, 2.24) is 4.31 Å². The first kappa shape index (κ1) is 24.6. The van der Waals surface area contributed by atoms with Crippen molar-refractivity contribution < 1.29 is 27.1 Å². The largest absolute Gasteiger partial charge is 0.423 e. The number of ketones is 1. The van der Waals surface area contributed by atoms with Gasteiger partial charge in [-0.2, -0.15) is 4.31 Å². The van der Waals surface area contributed by atoms with Gasteiger partial charge < -0.3 is 4.74 Å². The number of nitrogens with zero attached hydrogens (tertiary/aromatic N) is 1. The third kappa shape index (κ3) is 5.47. The number of halogens is 2. The number of hydrogen-bond donors (Lipinski definition) is 0. The highest BCUT2D eigenvalue weighted by atomic mass is 35.5. The summed E-state index contributed by atoms with van der Waals surface area (Å²) in [5.41, 5.74) is 0.544. The molecule has 172 valence electrons. The average molecular weight is 490 g/mol. The molecule has 0 aliphatic heterocycles. The molecule has 0 aliphatic carbocycles. The number of sulfonamides is 1. The van der Waals surface area contributed by atoms with Crippen molar-refractivity contribution in [3.8, 4) is 5.75 Å². The van der Waals surface area contributed by atoms with Gasteiger partial charge in [0.25, 0.3) is 0 Å². The SMILES string of the molecule is CCN(CC)S(=O)(=O)c1ccc(Cl)c(C(=O)Oc2ccc(C(=O)c3ccc(F)cc3)cc2)c1. The Morgan fingerprint density at radius 2 is 1.45 bits per heavy atom. The van der Waals surface area contributed by atoms with Crippen LogP contribution in [-0.2, 0) is 10.0 Å². The molecule has 0 heterocycles. The second-order valence-electron chi connectivity index (χ2n) is 6.98. The summed E-state index contributed by atoms with van der Waals surface area (Å²) in [5.74, 6) is -1.45. The molecule has 0 saturated heterocycles. The van der Waals surface area contributed by atoms with Crippen molar-refractivity contribution in [3.05, 3.63) is 94.3 Å². The van der Waals surface area contributed by atoms with Crippen LogP contribution in [0.25, 0.3) is 0 Å². The van der Waals surface area contributed by atoms with E-state index in [-0.39, 0.29) is 40.1 Å². The number of hydrogen-bond acceptors (Lipinski definition) is 5. The molecular formula is C24H21ClFNO5S. The number of carbonyl (C=O) groups is 2. The zero-order chi connectivity index (χ0) is 24.2. The van der Waals surface area contributed by atoms with Crippen LogP contribution < -0.4 is 4.74 Å². The minimum absolute atomic E-state index is 0.0432. The lowest BCUT2D eigenvalue weighted by Gasteiger charge is -2.19. The van der Waals surface area contributed by atoms with E-state index in [1.54, 1.807) is 13.8 Å². The quantitative estimate of drug-likeness (QED) is 0.254. The standard InChI is InChI=1S/C24H21ClFNO5S/c1-3-27(4-2)33(30,31)20-13-14-22(25)21(15-20)24(29)32-19-11-7-17(8-12-19)23(28)16-5-9-18(26)10-6-16/h5-15H,3-4H2,1-2H3. The minimum Gasteiger partial charge on any atom is -0.423 e. The first-order chi connectivity index (χ1) is 15.7. The zero-order valence-electron chi connectivity index (χ0n) is 17.9. The van der Waals surface area contributed by atoms with Gasteiger partial charge in [0.2, 0.25) is 10.0 Å². The van der Waals surface area contributed by atoms with Crippen LogP contribution in [0, 0.1) is 5.82 Å². The van der Waals surface area contributed by atoms with Crippen LogP contribution in [0.15, 0.2) is 71.6 Å². The summed E-state index contributed by atoms with van der Waals surface area (Å²) in [7, 11) is -3.79. The number of rotatable bonds is 8. The Bertz CT molecular complexity index is 1270. The number of carbonyl (C=O) groups excluding carboxylic acids is 2. The van der Waals surface area contributed by atoms with Gasteiger partial charge >= 0.3 is 5.97 Å². The van der Waals surface area contributed by atoms with Crippen molar-refractivity contribution in [3.63, 3.8) is 0 Å². The van der Waals surface area contributed by atoms with Crippen molar-refractivity contribution in [2.45, 2.75) is 18.7 Å². The van der Waals surface area contributed by atoms with E-state index in [0.29, 0.717) is 11.1 Å². The van der Waals surface area contributed by atoms with Gasteiger partial charge in [-0.15, -0.1) is 0 Å². The molecule has 0 saturated carbocycles. The van der Waals surface area contributed by atoms with Crippen molar-refractivity contribution in [1.29, 1.82) is 0 Å². The van der Waals surface area contributed by atoms with Crippen molar-refractivity contribution >= 4 is 33.4 Å². The van der Waals surface area contributed by atoms with Gasteiger partial charge in [-0.1, -0.05) is 25.4 Å². The summed E-state index contributed by atoms with van der Waals surface area (Å²) in [5, 5.41) is 0.0432. The average Bonchev–Trinajstić information content (AvgIpc) is 2.80. The van der Waals surface area contributed by atoms with E-state index in [1.807, 2.05) is 0 Å². The summed E-state index contributed by atoms with van der Waals surface area (Å²) >= 11 is 6.12. The summed E-state index contributed by atoms with van der Waals surface area (Å²) in [6.45, 7) is 4.00. The third-order valence-corrected chi connectivity index (χ3v) is 7.31. The van der Waals surface area contributed by atoms with Gasteiger partial charge in [0.15, 0.2) is 5.78 Å². The molecule has 0 radical (unpaired) electrons. The zero-order valence-corrected chi connectivity index (χ0v) is 19.5. The Balaban J connectivity index is 1.80. The molecule has 0 unspecified atom stereocenters. The van der Waals surface area contributed by atoms with Gasteiger partial charge in [-0.3, -0.25) is 4.79 Å². The van der Waals surface area contributed by atoms with E-state index >= 15 is 0 Å². The fourth-order valence-corrected chi connectivity index (χ4v) is 4.82. The molecule has 3 aromatic rings. The fourth-order valence-electron chi connectivity index (χ4n) is 3.14. The van der Waals surface area contributed by atoms with Gasteiger partial charge in [-0.25, -0.2) is 17.6 Å². The van der Waals surface area contributed by atoms with Crippen LogP contribution >= 0.6 is 11.6 Å². The molecule has 6 nitrogen and oxygen atoms in total. The lowest BCUT2D eigenvalue weighted by molar-refractivity contribution is 0.0734. The van der Waals surface area contributed by atoms with E-state index in [0.717, 1.165) is 0 Å². The maximum absolute atomic E-state index is 13.1. The van der Waals surface area contributed by atoms with E-state index in [9.17, 15) is 22.4 Å². The number of benzene rings is 3. The molecule has 0 atom stereocenters. The molecule has 0 fully saturated rings. The summed E-state index contributed by atoms with van der Waals surface area (Å²) in [6.07, 6.45) is 0. The van der Waals surface area contributed by atoms with Gasteiger partial charge in [0, 0.05) is 24.2 Å². The van der Waals surface area contributed by atoms with Crippen molar-refractivity contribution in [2.24, 2.45) is 0 Å². The molecule has 3 rings (SSSR count). The lowest BCUT2D eigenvalue weighted by atomic mass is 10.0. The topological polar surface area (TPSA) is 80.8 Å². The second kappa shape index (κ2) is 10.2. The van der Waals surface area contributed by atoms with Crippen LogP contribution in [0.2, 0.25) is 5.02 Å². The van der Waals surface area contributed by atoms with Crippen LogP contribution in [0.4, 0.5) is 4.39 Å². The second-order valence-corrected chi connectivity index (χ2v) is 9.33. The molecule has 3 aromatic carbocycles. The molecular weight excluding hydrogens is 469 g/mol. The first-order valence-corrected chi connectivity index (χ1v) is 11.9. The highest BCUT2D eigenvalue weighted by Gasteiger charge is 2.24. The van der Waals surface area contributed by atoms with E-state index in [4.69, 9.17) is 16.3 Å².